The Kier molecular flexibility index (Phi) is 4.89. The number of hydrogen-bond acceptors (Lipinski definition) is 5. The van der Waals surface area contributed by atoms with Crippen LogP contribution in [-0.4, -0.2) is 19.0 Å². The minimum Gasteiger partial charge on any atom is -0.469 e. The molecule has 2 aliphatic heterocycles. The average Bonchev–Trinajstić information content (AvgIpc) is 3.06. The molecule has 0 bridgehead atoms. The fourth-order valence-electron chi connectivity index (χ4n) is 5.07. The van der Waals surface area contributed by atoms with Gasteiger partial charge in [-0.25, -0.2) is 0 Å². The average molecular weight is 442 g/mol. The molecular formula is C27H27N3O3. The third-order valence-electron chi connectivity index (χ3n) is 6.71. The Balaban J connectivity index is 1.76. The first-order chi connectivity index (χ1) is 15.8. The van der Waals surface area contributed by atoms with Gasteiger partial charge in [-0.2, -0.15) is 0 Å². The third kappa shape index (κ3) is 3.25. The van der Waals surface area contributed by atoms with Crippen LogP contribution in [-0.2, 0) is 19.9 Å². The Labute approximate surface area is 193 Å². The van der Waals surface area contributed by atoms with Crippen molar-refractivity contribution in [3.63, 3.8) is 0 Å². The van der Waals surface area contributed by atoms with E-state index in [1.165, 1.54) is 7.11 Å². The van der Waals surface area contributed by atoms with Crippen LogP contribution in [0.25, 0.3) is 0 Å². The molecule has 6 heteroatoms. The summed E-state index contributed by atoms with van der Waals surface area (Å²) >= 11 is 0. The van der Waals surface area contributed by atoms with E-state index in [0.29, 0.717) is 5.69 Å². The number of benzene rings is 3. The van der Waals surface area contributed by atoms with E-state index in [1.807, 2.05) is 75.4 Å². The fraction of sp³-hybridized carbons (Fsp3) is 0.259. The van der Waals surface area contributed by atoms with Crippen molar-refractivity contribution in [3.8, 4) is 0 Å². The second kappa shape index (κ2) is 7.66. The van der Waals surface area contributed by atoms with Gasteiger partial charge in [-0.3, -0.25) is 9.59 Å². The molecule has 6 nitrogen and oxygen atoms in total. The van der Waals surface area contributed by atoms with Crippen LogP contribution in [0.3, 0.4) is 0 Å². The van der Waals surface area contributed by atoms with E-state index in [2.05, 4.69) is 22.0 Å². The molecule has 0 radical (unpaired) electrons. The van der Waals surface area contributed by atoms with Crippen molar-refractivity contribution in [2.75, 3.05) is 23.1 Å². The summed E-state index contributed by atoms with van der Waals surface area (Å²) in [7, 11) is 1.37. The lowest BCUT2D eigenvalue weighted by molar-refractivity contribution is -0.151. The number of carbonyl (C=O) groups excluding carboxylic acids is 2. The predicted octanol–water partition coefficient (Wildman–Crippen LogP) is 4.83. The van der Waals surface area contributed by atoms with Crippen molar-refractivity contribution < 1.29 is 14.3 Å². The molecule has 3 aromatic carbocycles. The maximum atomic E-state index is 13.7. The van der Waals surface area contributed by atoms with Crippen molar-refractivity contribution in [1.82, 2.24) is 0 Å². The summed E-state index contributed by atoms with van der Waals surface area (Å²) in [6.07, 6.45) is 0. The van der Waals surface area contributed by atoms with Gasteiger partial charge in [0.25, 0.3) is 5.91 Å². The molecule has 0 unspecified atom stereocenters. The van der Waals surface area contributed by atoms with Crippen LogP contribution in [0.5, 0.6) is 0 Å². The number of anilines is 3. The zero-order valence-corrected chi connectivity index (χ0v) is 19.2. The van der Waals surface area contributed by atoms with E-state index >= 15 is 0 Å². The SMILES string of the molecule is COC(=O)[C@H]1[C@H](Nc2ccc(C)cc2)c2cc(C)ccc2N[C@@]12C(=O)Nc1ccc(C)cc12. The van der Waals surface area contributed by atoms with Crippen LogP contribution >= 0.6 is 0 Å². The van der Waals surface area contributed by atoms with E-state index in [-0.39, 0.29) is 5.91 Å². The van der Waals surface area contributed by atoms with E-state index in [1.54, 1.807) is 0 Å². The lowest BCUT2D eigenvalue weighted by Gasteiger charge is -2.45. The molecule has 33 heavy (non-hydrogen) atoms. The highest BCUT2D eigenvalue weighted by Crippen LogP contribution is 2.53. The molecule has 3 aromatic rings. The molecule has 5 rings (SSSR count). The van der Waals surface area contributed by atoms with Crippen molar-refractivity contribution in [2.45, 2.75) is 32.4 Å². The largest absolute Gasteiger partial charge is 0.469 e. The number of fused-ring (bicyclic) bond motifs is 3. The highest BCUT2D eigenvalue weighted by atomic mass is 16.5. The van der Waals surface area contributed by atoms with E-state index in [0.717, 1.165) is 39.2 Å². The molecule has 0 saturated carbocycles. The molecule has 0 fully saturated rings. The van der Waals surface area contributed by atoms with Crippen molar-refractivity contribution in [1.29, 1.82) is 0 Å². The van der Waals surface area contributed by atoms with Crippen LogP contribution in [0, 0.1) is 26.7 Å². The monoisotopic (exact) mass is 441 g/mol. The van der Waals surface area contributed by atoms with Gasteiger partial charge < -0.3 is 20.7 Å². The molecular weight excluding hydrogens is 414 g/mol. The summed E-state index contributed by atoms with van der Waals surface area (Å²) in [4.78, 5) is 27.1. The molecule has 2 aliphatic rings. The number of esters is 1. The standard InChI is InChI=1S/C27H27N3O3/c1-15-5-9-18(10-6-15)28-24-19-13-16(2)7-11-21(19)30-27(23(24)25(31)33-4)20-14-17(3)8-12-22(20)29-26(27)32/h5-14,23-24,28,30H,1-4H3,(H,29,32)/t23-,24-,27-/m1/s1. The molecule has 2 heterocycles. The van der Waals surface area contributed by atoms with Crippen molar-refractivity contribution >= 4 is 28.9 Å². The maximum absolute atomic E-state index is 13.7. The number of rotatable bonds is 3. The number of ether oxygens (including phenoxy) is 1. The fourth-order valence-corrected chi connectivity index (χ4v) is 5.07. The molecule has 1 amide bonds. The van der Waals surface area contributed by atoms with Gasteiger partial charge in [0.15, 0.2) is 5.54 Å². The summed E-state index contributed by atoms with van der Waals surface area (Å²) in [6, 6.07) is 19.4. The summed E-state index contributed by atoms with van der Waals surface area (Å²) in [6.45, 7) is 6.02. The second-order valence-corrected chi connectivity index (χ2v) is 9.02. The quantitative estimate of drug-likeness (QED) is 0.508. The van der Waals surface area contributed by atoms with Gasteiger partial charge in [0.1, 0.15) is 5.92 Å². The first kappa shape index (κ1) is 21.1. The lowest BCUT2D eigenvalue weighted by Crippen LogP contribution is -2.57. The number of nitrogens with one attached hydrogen (secondary N) is 3. The lowest BCUT2D eigenvalue weighted by atomic mass is 9.69. The van der Waals surface area contributed by atoms with Crippen LogP contribution in [0.2, 0.25) is 0 Å². The number of aryl methyl sites for hydroxylation is 3. The molecule has 3 atom stereocenters. The third-order valence-corrected chi connectivity index (χ3v) is 6.71. The number of hydrogen-bond donors (Lipinski definition) is 3. The van der Waals surface area contributed by atoms with Crippen molar-refractivity contribution in [2.24, 2.45) is 5.92 Å². The smallest absolute Gasteiger partial charge is 0.314 e. The molecule has 0 aromatic heterocycles. The number of methoxy groups -OCH3 is 1. The predicted molar refractivity (Wildman–Crippen MR) is 129 cm³/mol. The zero-order valence-electron chi connectivity index (χ0n) is 19.2. The van der Waals surface area contributed by atoms with Gasteiger partial charge in [0.2, 0.25) is 0 Å². The highest BCUT2D eigenvalue weighted by Gasteiger charge is 2.61. The second-order valence-electron chi connectivity index (χ2n) is 9.02. The van der Waals surface area contributed by atoms with Crippen LogP contribution in [0.4, 0.5) is 17.1 Å². The molecule has 1 spiro atoms. The summed E-state index contributed by atoms with van der Waals surface area (Å²) in [5.74, 6) is -1.56. The number of amides is 1. The summed E-state index contributed by atoms with van der Waals surface area (Å²) < 4.78 is 5.30. The van der Waals surface area contributed by atoms with Gasteiger partial charge in [-0.05, 0) is 50.6 Å². The van der Waals surface area contributed by atoms with Gasteiger partial charge in [-0.15, -0.1) is 0 Å². The molecule has 0 saturated heterocycles. The van der Waals surface area contributed by atoms with Gasteiger partial charge >= 0.3 is 5.97 Å². The normalized spacial score (nSPS) is 22.7. The zero-order chi connectivity index (χ0) is 23.3. The van der Waals surface area contributed by atoms with Crippen molar-refractivity contribution in [3.05, 3.63) is 88.5 Å². The Hall–Kier alpha value is -3.80. The van der Waals surface area contributed by atoms with E-state index in [9.17, 15) is 9.59 Å². The minimum absolute atomic E-state index is 0.263. The van der Waals surface area contributed by atoms with E-state index in [4.69, 9.17) is 4.74 Å². The Morgan fingerprint density at radius 3 is 2.24 bits per heavy atom. The Bertz CT molecular complexity index is 1270. The number of carbonyl (C=O) groups is 2. The Morgan fingerprint density at radius 2 is 1.55 bits per heavy atom. The molecule has 0 aliphatic carbocycles. The minimum atomic E-state index is -1.31. The van der Waals surface area contributed by atoms with Crippen LogP contribution in [0.1, 0.15) is 33.9 Å². The first-order valence-electron chi connectivity index (χ1n) is 11.1. The summed E-state index contributed by atoms with van der Waals surface area (Å²) in [5, 5.41) is 10.0. The first-order valence-corrected chi connectivity index (χ1v) is 11.1. The van der Waals surface area contributed by atoms with Gasteiger partial charge in [-0.1, -0.05) is 53.1 Å². The van der Waals surface area contributed by atoms with Gasteiger partial charge in [0, 0.05) is 22.6 Å². The molecule has 3 N–H and O–H groups in total. The summed E-state index contributed by atoms with van der Waals surface area (Å²) in [5.41, 5.74) is 5.97. The van der Waals surface area contributed by atoms with E-state index < -0.39 is 23.5 Å². The van der Waals surface area contributed by atoms with Gasteiger partial charge in [0.05, 0.1) is 13.2 Å². The maximum Gasteiger partial charge on any atom is 0.314 e. The molecule has 168 valence electrons. The Morgan fingerprint density at radius 1 is 0.909 bits per heavy atom. The highest BCUT2D eigenvalue weighted by molar-refractivity contribution is 6.11. The topological polar surface area (TPSA) is 79.5 Å². The van der Waals surface area contributed by atoms with Crippen LogP contribution < -0.4 is 16.0 Å². The van der Waals surface area contributed by atoms with Crippen LogP contribution in [0.15, 0.2) is 60.7 Å².